The van der Waals surface area contributed by atoms with Crippen molar-refractivity contribution >= 4 is 17.6 Å². The lowest BCUT2D eigenvalue weighted by molar-refractivity contribution is -0.145. The molecule has 0 unspecified atom stereocenters. The lowest BCUT2D eigenvalue weighted by Crippen LogP contribution is -2.52. The summed E-state index contributed by atoms with van der Waals surface area (Å²) in [4.78, 5) is 31.9. The highest BCUT2D eigenvalue weighted by atomic mass is 19.4. The fraction of sp³-hybridized carbons (Fsp3) is 0.641. The maximum atomic E-state index is 18.0. The van der Waals surface area contributed by atoms with Gasteiger partial charge in [-0.2, -0.15) is 13.2 Å². The van der Waals surface area contributed by atoms with Gasteiger partial charge in [-0.1, -0.05) is 18.2 Å². The van der Waals surface area contributed by atoms with E-state index in [0.717, 1.165) is 37.8 Å². The molecule has 0 bridgehead atoms. The number of hydrogen-bond donors (Lipinski definition) is 1. The second-order valence-electron chi connectivity index (χ2n) is 15.1. The van der Waals surface area contributed by atoms with Crippen LogP contribution in [-0.2, 0) is 30.0 Å². The quantitative estimate of drug-likeness (QED) is 0.289. The van der Waals surface area contributed by atoms with Crippen molar-refractivity contribution in [3.05, 3.63) is 59.2 Å². The van der Waals surface area contributed by atoms with E-state index in [1.165, 1.54) is 25.2 Å². The molecular formula is C39H51F4N3O7. The summed E-state index contributed by atoms with van der Waals surface area (Å²) in [6, 6.07) is 10.7. The largest absolute Gasteiger partial charge is 0.497 e. The Morgan fingerprint density at radius 3 is 2.13 bits per heavy atom. The molecule has 1 N–H and O–H groups in total. The molecule has 292 valence electrons. The van der Waals surface area contributed by atoms with Crippen molar-refractivity contribution in [1.82, 2.24) is 9.80 Å². The zero-order chi connectivity index (χ0) is 38.1. The van der Waals surface area contributed by atoms with Gasteiger partial charge in [0.15, 0.2) is 0 Å². The summed E-state index contributed by atoms with van der Waals surface area (Å²) in [5, 5.41) is 9.57. The summed E-state index contributed by atoms with van der Waals surface area (Å²) in [7, 11) is 6.21. The number of rotatable bonds is 11. The van der Waals surface area contributed by atoms with Crippen molar-refractivity contribution in [2.24, 2.45) is 5.92 Å². The number of carbonyl (C=O) groups excluding carboxylic acids is 1. The molecule has 53 heavy (non-hydrogen) atoms. The molecule has 4 atom stereocenters. The number of amides is 1. The van der Waals surface area contributed by atoms with Gasteiger partial charge < -0.3 is 33.9 Å². The minimum Gasteiger partial charge on any atom is -0.497 e. The molecule has 4 aliphatic rings. The summed E-state index contributed by atoms with van der Waals surface area (Å²) in [6.07, 6.45) is -0.570. The van der Waals surface area contributed by atoms with Crippen LogP contribution in [0.15, 0.2) is 42.5 Å². The molecule has 0 radical (unpaired) electrons. The first-order chi connectivity index (χ1) is 25.3. The van der Waals surface area contributed by atoms with Gasteiger partial charge in [-0.15, -0.1) is 0 Å². The maximum absolute atomic E-state index is 18.0. The molecule has 0 spiro atoms. The van der Waals surface area contributed by atoms with E-state index in [4.69, 9.17) is 18.9 Å². The molecule has 1 amide bonds. The number of hydrogen-bond acceptors (Lipinski definition) is 8. The van der Waals surface area contributed by atoms with Crippen molar-refractivity contribution in [1.29, 1.82) is 0 Å². The number of nitrogens with zero attached hydrogens (tertiary/aromatic N) is 3. The normalized spacial score (nSPS) is 30.2. The van der Waals surface area contributed by atoms with Crippen molar-refractivity contribution in [3.63, 3.8) is 0 Å². The summed E-state index contributed by atoms with van der Waals surface area (Å²) in [5.41, 5.74) is -2.88. The predicted octanol–water partition coefficient (Wildman–Crippen LogP) is 5.74. The van der Waals surface area contributed by atoms with Gasteiger partial charge in [0.2, 0.25) is 5.67 Å². The monoisotopic (exact) mass is 749 g/mol. The average Bonchev–Trinajstić information content (AvgIpc) is 3.73. The van der Waals surface area contributed by atoms with E-state index in [0.29, 0.717) is 29.1 Å². The third-order valence-electron chi connectivity index (χ3n) is 12.3. The molecule has 2 aromatic rings. The van der Waals surface area contributed by atoms with E-state index >= 15 is 4.39 Å². The number of methoxy groups -OCH3 is 4. The molecule has 14 heteroatoms. The molecule has 2 aromatic carbocycles. The first kappa shape index (κ1) is 39.2. The minimum absolute atomic E-state index is 0.00441. The van der Waals surface area contributed by atoms with Crippen molar-refractivity contribution in [2.75, 3.05) is 79.2 Å². The van der Waals surface area contributed by atoms with Gasteiger partial charge in [-0.05, 0) is 73.9 Å². The minimum atomic E-state index is -4.62. The highest BCUT2D eigenvalue weighted by Gasteiger charge is 2.60. The summed E-state index contributed by atoms with van der Waals surface area (Å²) in [5.74, 6) is -3.07. The highest BCUT2D eigenvalue weighted by molar-refractivity contribution is 5.88. The van der Waals surface area contributed by atoms with E-state index < -0.39 is 52.6 Å². The molecule has 1 saturated carbocycles. The number of alkyl halides is 4. The third-order valence-corrected chi connectivity index (χ3v) is 12.3. The van der Waals surface area contributed by atoms with E-state index in [1.54, 1.807) is 43.4 Å². The van der Waals surface area contributed by atoms with Crippen LogP contribution in [0.5, 0.6) is 5.75 Å². The van der Waals surface area contributed by atoms with E-state index in [9.17, 15) is 27.9 Å². The molecule has 6 rings (SSSR count). The molecule has 3 saturated heterocycles. The Hall–Kier alpha value is -3.46. The Morgan fingerprint density at radius 2 is 1.57 bits per heavy atom. The van der Waals surface area contributed by atoms with Gasteiger partial charge in [0, 0.05) is 77.6 Å². The maximum Gasteiger partial charge on any atom is 0.416 e. The standard InChI is InChI=1S/C39H51F4N3O7/c1-50-24-37(53-4)22-46(21-33(37)31-14-7-27(39(41,42)43)19-34(31)44-17-15-26(16-18-44)35(47)48)36(49)38(40)23-45(28-8-12-30(52-3)13-9-28)20-32(38)25-5-10-29(51-2)11-6-25/h5-7,10-11,14,19,26,28,30,32-33H,8-9,12-13,15-18,20-24H2,1-4H3,(H,47,48)/t28?,30?,32-,33+,37-,38-/m0/s1. The van der Waals surface area contributed by atoms with Gasteiger partial charge >= 0.3 is 12.1 Å². The Bertz CT molecular complexity index is 1600. The van der Waals surface area contributed by atoms with Crippen LogP contribution in [0.4, 0.5) is 23.2 Å². The van der Waals surface area contributed by atoms with Crippen LogP contribution in [0, 0.1) is 5.92 Å². The van der Waals surface area contributed by atoms with Crippen LogP contribution in [0.2, 0.25) is 0 Å². The smallest absolute Gasteiger partial charge is 0.416 e. The van der Waals surface area contributed by atoms with Crippen molar-refractivity contribution in [2.45, 2.75) is 80.0 Å². The van der Waals surface area contributed by atoms with E-state index in [2.05, 4.69) is 4.90 Å². The van der Waals surface area contributed by atoms with Crippen molar-refractivity contribution in [3.8, 4) is 5.75 Å². The van der Waals surface area contributed by atoms with Crippen LogP contribution >= 0.6 is 0 Å². The molecule has 3 heterocycles. The van der Waals surface area contributed by atoms with Crippen LogP contribution in [0.1, 0.15) is 67.1 Å². The molecule has 4 fully saturated rings. The van der Waals surface area contributed by atoms with Gasteiger partial charge in [0.1, 0.15) is 11.4 Å². The number of ether oxygens (including phenoxy) is 4. The Labute approximate surface area is 308 Å². The van der Waals surface area contributed by atoms with Crippen LogP contribution in [-0.4, -0.2) is 125 Å². The number of carboxylic acids is 1. The van der Waals surface area contributed by atoms with Crippen molar-refractivity contribution < 1.29 is 51.2 Å². The predicted molar refractivity (Wildman–Crippen MR) is 189 cm³/mol. The summed E-state index contributed by atoms with van der Waals surface area (Å²) >= 11 is 0. The second kappa shape index (κ2) is 15.7. The highest BCUT2D eigenvalue weighted by Crippen LogP contribution is 2.49. The lowest BCUT2D eigenvalue weighted by Gasteiger charge is -2.38. The average molecular weight is 750 g/mol. The van der Waals surface area contributed by atoms with Crippen LogP contribution in [0.25, 0.3) is 0 Å². The number of piperidine rings is 1. The van der Waals surface area contributed by atoms with Crippen LogP contribution in [0.3, 0.4) is 0 Å². The number of carboxylic acid groups (broad SMARTS) is 1. The first-order valence-electron chi connectivity index (χ1n) is 18.4. The molecular weight excluding hydrogens is 698 g/mol. The number of aliphatic carboxylic acids is 1. The van der Waals surface area contributed by atoms with Crippen LogP contribution < -0.4 is 9.64 Å². The zero-order valence-corrected chi connectivity index (χ0v) is 30.9. The number of carbonyl (C=O) groups is 2. The molecule has 0 aromatic heterocycles. The molecule has 1 aliphatic carbocycles. The van der Waals surface area contributed by atoms with E-state index in [1.807, 2.05) is 0 Å². The van der Waals surface area contributed by atoms with Gasteiger partial charge in [-0.25, -0.2) is 4.39 Å². The zero-order valence-electron chi connectivity index (χ0n) is 30.9. The van der Waals surface area contributed by atoms with Gasteiger partial charge in [0.25, 0.3) is 5.91 Å². The molecule has 3 aliphatic heterocycles. The Kier molecular flexibility index (Phi) is 11.6. The SMILES string of the molecule is COC[C@@]1(OC)CN(C(=O)[C@]2(F)CN(C3CCC(OC)CC3)C[C@H]2c2ccc(OC)cc2)C[C@@H]1c1ccc(C(F)(F)F)cc1N1CCC(C(=O)O)CC1. The third kappa shape index (κ3) is 7.74. The lowest BCUT2D eigenvalue weighted by atomic mass is 9.83. The van der Waals surface area contributed by atoms with Gasteiger partial charge in [0.05, 0.1) is 37.8 Å². The fourth-order valence-electron chi connectivity index (χ4n) is 9.19. The number of anilines is 1. The van der Waals surface area contributed by atoms with E-state index in [-0.39, 0.29) is 64.3 Å². The first-order valence-corrected chi connectivity index (χ1v) is 18.4. The topological polar surface area (TPSA) is 101 Å². The summed E-state index contributed by atoms with van der Waals surface area (Å²) < 4.78 is 83.0. The number of halogens is 4. The number of likely N-dealkylation sites (tertiary alicyclic amines) is 2. The fourth-order valence-corrected chi connectivity index (χ4v) is 9.19. The second-order valence-corrected chi connectivity index (χ2v) is 15.1. The molecule has 10 nitrogen and oxygen atoms in total. The summed E-state index contributed by atoms with van der Waals surface area (Å²) in [6.45, 7) is 0.670. The Morgan fingerprint density at radius 1 is 0.887 bits per heavy atom. The Balaban J connectivity index is 1.35. The van der Waals surface area contributed by atoms with Gasteiger partial charge in [-0.3, -0.25) is 14.5 Å². The number of benzene rings is 2.